The largest absolute Gasteiger partial charge is 0.486 e. The molecule has 0 fully saturated rings. The second kappa shape index (κ2) is 3.34. The van der Waals surface area contributed by atoms with Crippen LogP contribution in [0, 0.1) is 5.82 Å². The van der Waals surface area contributed by atoms with Gasteiger partial charge >= 0.3 is 0 Å². The van der Waals surface area contributed by atoms with E-state index in [1.54, 1.807) is 6.07 Å². The fourth-order valence-electron chi connectivity index (χ4n) is 1.59. The molecule has 1 unspecified atom stereocenters. The van der Waals surface area contributed by atoms with Crippen LogP contribution in [-0.4, -0.2) is 12.6 Å². The lowest BCUT2D eigenvalue weighted by Gasteiger charge is -2.25. The van der Waals surface area contributed by atoms with Crippen molar-refractivity contribution in [1.29, 1.82) is 0 Å². The summed E-state index contributed by atoms with van der Waals surface area (Å²) in [7, 11) is 0. The van der Waals surface area contributed by atoms with E-state index in [1.807, 2.05) is 6.07 Å². The molecule has 0 bridgehead atoms. The Kier molecular flexibility index (Phi) is 2.19. The average molecular weight is 181 g/mol. The maximum absolute atomic E-state index is 13.2. The van der Waals surface area contributed by atoms with Crippen molar-refractivity contribution >= 4 is 0 Å². The smallest absolute Gasteiger partial charge is 0.165 e. The quantitative estimate of drug-likeness (QED) is 0.712. The fraction of sp³-hybridized carbons (Fsp3) is 0.400. The maximum atomic E-state index is 13.2. The third-order valence-corrected chi connectivity index (χ3v) is 2.33. The first kappa shape index (κ1) is 8.51. The monoisotopic (exact) mass is 181 g/mol. The lowest BCUT2D eigenvalue weighted by atomic mass is 10.0. The van der Waals surface area contributed by atoms with Crippen LogP contribution in [0.25, 0.3) is 0 Å². The van der Waals surface area contributed by atoms with Gasteiger partial charge in [0.2, 0.25) is 0 Å². The Labute approximate surface area is 76.5 Å². The molecule has 0 aromatic heterocycles. The van der Waals surface area contributed by atoms with Crippen molar-refractivity contribution in [2.24, 2.45) is 5.73 Å². The van der Waals surface area contributed by atoms with Gasteiger partial charge in [-0.15, -0.1) is 0 Å². The Morgan fingerprint density at radius 2 is 2.38 bits per heavy atom. The van der Waals surface area contributed by atoms with Gasteiger partial charge in [0, 0.05) is 6.54 Å². The van der Waals surface area contributed by atoms with Crippen molar-refractivity contribution in [3.63, 3.8) is 0 Å². The summed E-state index contributed by atoms with van der Waals surface area (Å²) in [6, 6.07) is 5.02. The Hall–Kier alpha value is -1.09. The number of hydrogen-bond acceptors (Lipinski definition) is 2. The molecular formula is C10H12FNO. The minimum absolute atomic E-state index is 0.0237. The molecule has 0 radical (unpaired) electrons. The Bertz CT molecular complexity index is 314. The van der Waals surface area contributed by atoms with Gasteiger partial charge in [-0.05, 0) is 24.5 Å². The van der Waals surface area contributed by atoms with E-state index in [1.165, 1.54) is 6.07 Å². The van der Waals surface area contributed by atoms with Gasteiger partial charge < -0.3 is 10.5 Å². The molecular weight excluding hydrogens is 169 g/mol. The van der Waals surface area contributed by atoms with Gasteiger partial charge in [-0.25, -0.2) is 4.39 Å². The first-order valence-electron chi connectivity index (χ1n) is 4.45. The van der Waals surface area contributed by atoms with E-state index in [0.29, 0.717) is 12.3 Å². The molecule has 0 spiro atoms. The molecule has 0 amide bonds. The molecule has 13 heavy (non-hydrogen) atoms. The fourth-order valence-corrected chi connectivity index (χ4v) is 1.59. The van der Waals surface area contributed by atoms with Gasteiger partial charge in [0.25, 0.3) is 0 Å². The molecule has 2 N–H and O–H groups in total. The molecule has 1 atom stereocenters. The number of para-hydroxylation sites is 1. The van der Waals surface area contributed by atoms with E-state index >= 15 is 0 Å². The van der Waals surface area contributed by atoms with Crippen molar-refractivity contribution in [3.8, 4) is 5.75 Å². The molecule has 0 aliphatic carbocycles. The number of benzene rings is 1. The van der Waals surface area contributed by atoms with Crippen LogP contribution in [0.3, 0.4) is 0 Å². The van der Waals surface area contributed by atoms with Crippen molar-refractivity contribution in [3.05, 3.63) is 29.6 Å². The third-order valence-electron chi connectivity index (χ3n) is 2.33. The normalized spacial score (nSPS) is 20.6. The number of rotatable bonds is 1. The zero-order valence-corrected chi connectivity index (χ0v) is 7.29. The first-order chi connectivity index (χ1) is 6.31. The highest BCUT2D eigenvalue weighted by Crippen LogP contribution is 2.29. The van der Waals surface area contributed by atoms with Crippen LogP contribution >= 0.6 is 0 Å². The van der Waals surface area contributed by atoms with Crippen LogP contribution in [0.4, 0.5) is 4.39 Å². The Morgan fingerprint density at radius 3 is 3.15 bits per heavy atom. The van der Waals surface area contributed by atoms with Crippen molar-refractivity contribution < 1.29 is 9.13 Å². The molecule has 1 aromatic carbocycles. The van der Waals surface area contributed by atoms with Gasteiger partial charge in [-0.3, -0.25) is 0 Å². The highest BCUT2D eigenvalue weighted by Gasteiger charge is 2.20. The van der Waals surface area contributed by atoms with Crippen LogP contribution in [0.2, 0.25) is 0 Å². The standard InChI is InChI=1S/C10H12FNO/c11-9-3-1-2-7-4-5-8(6-12)13-10(7)9/h1-3,8H,4-6,12H2. The lowest BCUT2D eigenvalue weighted by Crippen LogP contribution is -2.30. The Morgan fingerprint density at radius 1 is 1.54 bits per heavy atom. The number of aryl methyl sites for hydroxylation is 1. The zero-order valence-electron chi connectivity index (χ0n) is 7.29. The summed E-state index contributed by atoms with van der Waals surface area (Å²) >= 11 is 0. The van der Waals surface area contributed by atoms with Crippen molar-refractivity contribution in [2.45, 2.75) is 18.9 Å². The van der Waals surface area contributed by atoms with E-state index < -0.39 is 0 Å². The summed E-state index contributed by atoms with van der Waals surface area (Å²) < 4.78 is 18.6. The van der Waals surface area contributed by atoms with Crippen LogP contribution in [-0.2, 0) is 6.42 Å². The van der Waals surface area contributed by atoms with Crippen molar-refractivity contribution in [1.82, 2.24) is 0 Å². The summed E-state index contributed by atoms with van der Waals surface area (Å²) in [5, 5.41) is 0. The summed E-state index contributed by atoms with van der Waals surface area (Å²) in [5.41, 5.74) is 6.41. The predicted molar refractivity (Wildman–Crippen MR) is 48.2 cm³/mol. The minimum atomic E-state index is -0.282. The molecule has 70 valence electrons. The molecule has 0 saturated heterocycles. The van der Waals surface area contributed by atoms with Crippen LogP contribution < -0.4 is 10.5 Å². The second-order valence-electron chi connectivity index (χ2n) is 3.24. The number of hydrogen-bond donors (Lipinski definition) is 1. The molecule has 1 heterocycles. The molecule has 1 aliphatic heterocycles. The molecule has 3 heteroatoms. The highest BCUT2D eigenvalue weighted by atomic mass is 19.1. The molecule has 2 rings (SSSR count). The van der Waals surface area contributed by atoms with E-state index in [-0.39, 0.29) is 11.9 Å². The van der Waals surface area contributed by atoms with Crippen molar-refractivity contribution in [2.75, 3.05) is 6.54 Å². The summed E-state index contributed by atoms with van der Waals surface area (Å²) in [5.74, 6) is 0.111. The SMILES string of the molecule is NCC1CCc2cccc(F)c2O1. The topological polar surface area (TPSA) is 35.2 Å². The molecule has 1 aliphatic rings. The molecule has 2 nitrogen and oxygen atoms in total. The average Bonchev–Trinajstić information content (AvgIpc) is 2.18. The van der Waals surface area contributed by atoms with Crippen LogP contribution in [0.5, 0.6) is 5.75 Å². The molecule has 1 aromatic rings. The van der Waals surface area contributed by atoms with Gasteiger partial charge in [0.05, 0.1) is 0 Å². The van der Waals surface area contributed by atoms with Gasteiger partial charge in [0.1, 0.15) is 6.10 Å². The summed E-state index contributed by atoms with van der Waals surface area (Å²) in [4.78, 5) is 0. The van der Waals surface area contributed by atoms with Crippen LogP contribution in [0.1, 0.15) is 12.0 Å². The summed E-state index contributed by atoms with van der Waals surface area (Å²) in [6.07, 6.45) is 1.71. The van der Waals surface area contributed by atoms with E-state index in [4.69, 9.17) is 10.5 Å². The lowest BCUT2D eigenvalue weighted by molar-refractivity contribution is 0.172. The summed E-state index contributed by atoms with van der Waals surface area (Å²) in [6.45, 7) is 0.452. The second-order valence-corrected chi connectivity index (χ2v) is 3.24. The van der Waals surface area contributed by atoms with Gasteiger partial charge in [-0.2, -0.15) is 0 Å². The zero-order chi connectivity index (χ0) is 9.26. The van der Waals surface area contributed by atoms with Gasteiger partial charge in [0.15, 0.2) is 11.6 Å². The number of halogens is 1. The third kappa shape index (κ3) is 1.52. The highest BCUT2D eigenvalue weighted by molar-refractivity contribution is 5.36. The first-order valence-corrected chi connectivity index (χ1v) is 4.45. The molecule has 0 saturated carbocycles. The minimum Gasteiger partial charge on any atom is -0.486 e. The number of ether oxygens (including phenoxy) is 1. The predicted octanol–water partition coefficient (Wildman–Crippen LogP) is 1.48. The van der Waals surface area contributed by atoms with E-state index in [2.05, 4.69) is 0 Å². The van der Waals surface area contributed by atoms with E-state index in [9.17, 15) is 4.39 Å². The van der Waals surface area contributed by atoms with Gasteiger partial charge in [-0.1, -0.05) is 12.1 Å². The number of fused-ring (bicyclic) bond motifs is 1. The van der Waals surface area contributed by atoms with Crippen LogP contribution in [0.15, 0.2) is 18.2 Å². The number of nitrogens with two attached hydrogens (primary N) is 1. The maximum Gasteiger partial charge on any atom is 0.165 e. The Balaban J connectivity index is 2.32. The van der Waals surface area contributed by atoms with E-state index in [0.717, 1.165) is 18.4 Å².